The molecule has 0 aliphatic heterocycles. The van der Waals surface area contributed by atoms with E-state index in [0.29, 0.717) is 0 Å². The number of aryl methyl sites for hydroxylation is 1. The maximum Gasteiger partial charge on any atom is 0.139 e. The van der Waals surface area contributed by atoms with Gasteiger partial charge in [0.05, 0.1) is 5.69 Å². The van der Waals surface area contributed by atoms with Crippen molar-refractivity contribution in [3.8, 4) is 0 Å². The fourth-order valence-corrected chi connectivity index (χ4v) is 2.15. The molecule has 0 spiro atoms. The lowest BCUT2D eigenvalue weighted by Crippen LogP contribution is -2.24. The van der Waals surface area contributed by atoms with Gasteiger partial charge in [-0.05, 0) is 31.5 Å². The second kappa shape index (κ2) is 5.98. The third kappa shape index (κ3) is 2.89. The second-order valence-electron chi connectivity index (χ2n) is 4.60. The van der Waals surface area contributed by atoms with Gasteiger partial charge in [-0.25, -0.2) is 4.98 Å². The lowest BCUT2D eigenvalue weighted by Gasteiger charge is -2.18. The van der Waals surface area contributed by atoms with E-state index in [1.807, 2.05) is 12.3 Å². The third-order valence-corrected chi connectivity index (χ3v) is 3.19. The highest BCUT2D eigenvalue weighted by Gasteiger charge is 2.08. The van der Waals surface area contributed by atoms with E-state index in [4.69, 9.17) is 5.11 Å². The molecule has 0 fully saturated rings. The first kappa shape index (κ1) is 13.1. The van der Waals surface area contributed by atoms with Gasteiger partial charge in [-0.1, -0.05) is 13.0 Å². The number of hydrogen-bond acceptors (Lipinski definition) is 3. The smallest absolute Gasteiger partial charge is 0.139 e. The zero-order valence-corrected chi connectivity index (χ0v) is 11.1. The van der Waals surface area contributed by atoms with Crippen LogP contribution in [0.3, 0.4) is 0 Å². The predicted molar refractivity (Wildman–Crippen MR) is 72.6 cm³/mol. The lowest BCUT2D eigenvalue weighted by atomic mass is 10.3. The standard InChI is InChI=1S/C14H21N3O/c1-3-16(7-5-9-18)10-13-11-17-8-4-6-12(2)14(17)15-13/h4,6,8,11,18H,3,5,7,9-10H2,1-2H3. The van der Waals surface area contributed by atoms with Crippen LogP contribution in [0.4, 0.5) is 0 Å². The maximum atomic E-state index is 8.88. The third-order valence-electron chi connectivity index (χ3n) is 3.19. The van der Waals surface area contributed by atoms with Gasteiger partial charge in [-0.2, -0.15) is 0 Å². The van der Waals surface area contributed by atoms with Gasteiger partial charge in [-0.15, -0.1) is 0 Å². The van der Waals surface area contributed by atoms with Crippen molar-refractivity contribution in [3.05, 3.63) is 35.8 Å². The molecule has 0 atom stereocenters. The molecule has 18 heavy (non-hydrogen) atoms. The first-order valence-corrected chi connectivity index (χ1v) is 6.51. The van der Waals surface area contributed by atoms with Gasteiger partial charge in [-0.3, -0.25) is 4.90 Å². The SMILES string of the molecule is CCN(CCCO)Cc1cn2cccc(C)c2n1. The van der Waals surface area contributed by atoms with E-state index in [1.165, 1.54) is 5.56 Å². The summed E-state index contributed by atoms with van der Waals surface area (Å²) in [4.78, 5) is 6.97. The fraction of sp³-hybridized carbons (Fsp3) is 0.500. The number of aliphatic hydroxyl groups is 1. The predicted octanol–water partition coefficient (Wildman–Crippen LogP) is 1.85. The Hall–Kier alpha value is -1.39. The summed E-state index contributed by atoms with van der Waals surface area (Å²) in [5.74, 6) is 0. The Morgan fingerprint density at radius 2 is 2.28 bits per heavy atom. The van der Waals surface area contributed by atoms with Gasteiger partial charge < -0.3 is 9.51 Å². The van der Waals surface area contributed by atoms with Crippen molar-refractivity contribution in [1.82, 2.24) is 14.3 Å². The summed E-state index contributed by atoms with van der Waals surface area (Å²) < 4.78 is 2.07. The molecule has 0 radical (unpaired) electrons. The Labute approximate surface area is 108 Å². The van der Waals surface area contributed by atoms with Crippen LogP contribution in [0.5, 0.6) is 0 Å². The van der Waals surface area contributed by atoms with Crippen molar-refractivity contribution in [2.24, 2.45) is 0 Å². The molecular formula is C14H21N3O. The monoisotopic (exact) mass is 247 g/mol. The molecule has 2 heterocycles. The molecule has 0 bridgehead atoms. The number of hydrogen-bond donors (Lipinski definition) is 1. The first-order valence-electron chi connectivity index (χ1n) is 6.51. The number of fused-ring (bicyclic) bond motifs is 1. The van der Waals surface area contributed by atoms with E-state index in [1.54, 1.807) is 0 Å². The molecule has 4 heteroatoms. The Morgan fingerprint density at radius 3 is 2.94 bits per heavy atom. The number of aliphatic hydroxyl groups excluding tert-OH is 1. The highest BCUT2D eigenvalue weighted by atomic mass is 16.3. The molecule has 0 aromatic carbocycles. The summed E-state index contributed by atoms with van der Waals surface area (Å²) in [7, 11) is 0. The van der Waals surface area contributed by atoms with Crippen LogP contribution in [-0.2, 0) is 6.54 Å². The Kier molecular flexibility index (Phi) is 4.33. The van der Waals surface area contributed by atoms with Crippen LogP contribution in [-0.4, -0.2) is 39.1 Å². The largest absolute Gasteiger partial charge is 0.396 e. The first-order chi connectivity index (χ1) is 8.74. The van der Waals surface area contributed by atoms with Crippen LogP contribution in [0.2, 0.25) is 0 Å². The number of pyridine rings is 1. The summed E-state index contributed by atoms with van der Waals surface area (Å²) in [6.07, 6.45) is 4.94. The fourth-order valence-electron chi connectivity index (χ4n) is 2.15. The van der Waals surface area contributed by atoms with E-state index in [2.05, 4.69) is 40.4 Å². The van der Waals surface area contributed by atoms with Crippen LogP contribution < -0.4 is 0 Å². The quantitative estimate of drug-likeness (QED) is 0.847. The molecule has 98 valence electrons. The molecule has 0 saturated carbocycles. The highest BCUT2D eigenvalue weighted by Crippen LogP contribution is 2.11. The molecule has 0 amide bonds. The minimum absolute atomic E-state index is 0.251. The van der Waals surface area contributed by atoms with Gasteiger partial charge in [0.1, 0.15) is 5.65 Å². The Balaban J connectivity index is 2.13. The van der Waals surface area contributed by atoms with Gasteiger partial charge in [0, 0.05) is 32.1 Å². The molecule has 0 unspecified atom stereocenters. The molecule has 2 aromatic rings. The highest BCUT2D eigenvalue weighted by molar-refractivity contribution is 5.47. The molecule has 4 nitrogen and oxygen atoms in total. The number of rotatable bonds is 6. The van der Waals surface area contributed by atoms with Gasteiger partial charge in [0.25, 0.3) is 0 Å². The van der Waals surface area contributed by atoms with E-state index in [9.17, 15) is 0 Å². The molecule has 0 saturated heterocycles. The molecular weight excluding hydrogens is 226 g/mol. The van der Waals surface area contributed by atoms with Crippen molar-refractivity contribution >= 4 is 5.65 Å². The summed E-state index contributed by atoms with van der Waals surface area (Å²) in [6, 6.07) is 4.12. The molecule has 2 rings (SSSR count). The minimum Gasteiger partial charge on any atom is -0.396 e. The van der Waals surface area contributed by atoms with Gasteiger partial charge in [0.15, 0.2) is 0 Å². The van der Waals surface area contributed by atoms with E-state index >= 15 is 0 Å². The lowest BCUT2D eigenvalue weighted by molar-refractivity contribution is 0.224. The van der Waals surface area contributed by atoms with Crippen LogP contribution in [0.25, 0.3) is 5.65 Å². The Morgan fingerprint density at radius 1 is 1.44 bits per heavy atom. The van der Waals surface area contributed by atoms with Crippen LogP contribution >= 0.6 is 0 Å². The van der Waals surface area contributed by atoms with Gasteiger partial charge >= 0.3 is 0 Å². The summed E-state index contributed by atoms with van der Waals surface area (Å²) in [6.45, 7) is 7.21. The van der Waals surface area contributed by atoms with E-state index in [-0.39, 0.29) is 6.61 Å². The summed E-state index contributed by atoms with van der Waals surface area (Å²) in [5, 5.41) is 8.88. The Bertz CT molecular complexity index is 507. The van der Waals surface area contributed by atoms with Crippen molar-refractivity contribution < 1.29 is 5.11 Å². The van der Waals surface area contributed by atoms with Crippen molar-refractivity contribution in [3.63, 3.8) is 0 Å². The normalized spacial score (nSPS) is 11.6. The molecule has 0 aliphatic rings. The van der Waals surface area contributed by atoms with Crippen molar-refractivity contribution in [1.29, 1.82) is 0 Å². The summed E-state index contributed by atoms with van der Waals surface area (Å²) >= 11 is 0. The van der Waals surface area contributed by atoms with Crippen LogP contribution in [0, 0.1) is 6.92 Å². The summed E-state index contributed by atoms with van der Waals surface area (Å²) in [5.41, 5.74) is 3.32. The van der Waals surface area contributed by atoms with Crippen LogP contribution in [0.1, 0.15) is 24.6 Å². The molecule has 2 aromatic heterocycles. The topological polar surface area (TPSA) is 40.8 Å². The number of aromatic nitrogens is 2. The van der Waals surface area contributed by atoms with E-state index in [0.717, 1.165) is 37.4 Å². The minimum atomic E-state index is 0.251. The molecule has 0 aliphatic carbocycles. The number of imidazole rings is 1. The number of nitrogens with zero attached hydrogens (tertiary/aromatic N) is 3. The zero-order valence-electron chi connectivity index (χ0n) is 11.1. The van der Waals surface area contributed by atoms with Crippen LogP contribution in [0.15, 0.2) is 24.5 Å². The molecule has 1 N–H and O–H groups in total. The zero-order chi connectivity index (χ0) is 13.0. The van der Waals surface area contributed by atoms with Crippen molar-refractivity contribution in [2.75, 3.05) is 19.7 Å². The maximum absolute atomic E-state index is 8.88. The van der Waals surface area contributed by atoms with Crippen molar-refractivity contribution in [2.45, 2.75) is 26.8 Å². The average Bonchev–Trinajstić information content (AvgIpc) is 2.78. The average molecular weight is 247 g/mol. The second-order valence-corrected chi connectivity index (χ2v) is 4.60. The van der Waals surface area contributed by atoms with E-state index < -0.39 is 0 Å². The van der Waals surface area contributed by atoms with Gasteiger partial charge in [0.2, 0.25) is 0 Å².